The van der Waals surface area contributed by atoms with E-state index >= 15 is 0 Å². The first-order valence-corrected chi connectivity index (χ1v) is 6.69. The summed E-state index contributed by atoms with van der Waals surface area (Å²) in [5, 5.41) is 0. The van der Waals surface area contributed by atoms with Gasteiger partial charge in [-0.2, -0.15) is 0 Å². The minimum atomic E-state index is 1.02. The molecule has 0 spiro atoms. The van der Waals surface area contributed by atoms with Crippen molar-refractivity contribution in [2.45, 2.75) is 18.2 Å². The second-order valence-corrected chi connectivity index (χ2v) is 4.90. The number of hydrogen-bond acceptors (Lipinski definition) is 1. The molecular weight excluding hydrogens is 212 g/mol. The lowest BCUT2D eigenvalue weighted by Crippen LogP contribution is -1.89. The summed E-state index contributed by atoms with van der Waals surface area (Å²) in [5.74, 6) is 0. The number of aryl methyl sites for hydroxylation is 1. The van der Waals surface area contributed by atoms with E-state index in [0.717, 1.165) is 6.42 Å². The molecule has 1 heteroatoms. The third-order valence-corrected chi connectivity index (χ3v) is 3.30. The average Bonchev–Trinajstić information content (AvgIpc) is 2.29. The first-order valence-electron chi connectivity index (χ1n) is 5.46. The Morgan fingerprint density at radius 3 is 2.38 bits per heavy atom. The van der Waals surface area contributed by atoms with E-state index in [1.807, 2.05) is 11.8 Å². The maximum atomic E-state index is 2.28. The predicted molar refractivity (Wildman–Crippen MR) is 72.2 cm³/mol. The van der Waals surface area contributed by atoms with Crippen LogP contribution in [-0.4, -0.2) is 6.26 Å². The highest BCUT2D eigenvalue weighted by molar-refractivity contribution is 7.98. The molecule has 2 aromatic carbocycles. The predicted octanol–water partition coefficient (Wildman–Crippen LogP) is 4.31. The Bertz CT molecular complexity index is 460. The number of hydrogen-bond donors (Lipinski definition) is 0. The molecule has 0 heterocycles. The molecule has 0 amide bonds. The van der Waals surface area contributed by atoms with Crippen molar-refractivity contribution >= 4 is 11.8 Å². The van der Waals surface area contributed by atoms with Crippen molar-refractivity contribution in [1.82, 2.24) is 0 Å². The van der Waals surface area contributed by atoms with E-state index in [1.54, 1.807) is 0 Å². The van der Waals surface area contributed by atoms with Gasteiger partial charge in [0.25, 0.3) is 0 Å². The lowest BCUT2D eigenvalue weighted by molar-refractivity contribution is 1.16. The van der Waals surface area contributed by atoms with Gasteiger partial charge in [-0.3, -0.25) is 0 Å². The molecule has 0 aliphatic carbocycles. The molecule has 0 atom stereocenters. The van der Waals surface area contributed by atoms with Crippen molar-refractivity contribution in [3.05, 3.63) is 65.2 Å². The first kappa shape index (κ1) is 11.3. The molecule has 0 radical (unpaired) electrons. The molecule has 0 aliphatic rings. The van der Waals surface area contributed by atoms with Crippen molar-refractivity contribution < 1.29 is 0 Å². The largest absolute Gasteiger partial charge is 0.130 e. The van der Waals surface area contributed by atoms with E-state index < -0.39 is 0 Å². The van der Waals surface area contributed by atoms with E-state index in [-0.39, 0.29) is 0 Å². The highest BCUT2D eigenvalue weighted by Crippen LogP contribution is 2.20. The molecule has 0 fully saturated rings. The lowest BCUT2D eigenvalue weighted by atomic mass is 10.0. The second-order valence-electron chi connectivity index (χ2n) is 4.02. The van der Waals surface area contributed by atoms with Crippen molar-refractivity contribution in [2.24, 2.45) is 0 Å². The van der Waals surface area contributed by atoms with Gasteiger partial charge >= 0.3 is 0 Å². The Labute approximate surface area is 102 Å². The van der Waals surface area contributed by atoms with Crippen LogP contribution in [0.25, 0.3) is 0 Å². The van der Waals surface area contributed by atoms with Gasteiger partial charge in [-0.1, -0.05) is 36.4 Å². The Hall–Kier alpha value is -1.21. The molecule has 0 N–H and O–H groups in total. The minimum absolute atomic E-state index is 1.02. The van der Waals surface area contributed by atoms with Crippen LogP contribution in [0, 0.1) is 6.92 Å². The molecule has 0 saturated heterocycles. The van der Waals surface area contributed by atoms with Crippen LogP contribution in [0.15, 0.2) is 53.4 Å². The zero-order valence-corrected chi connectivity index (χ0v) is 10.6. The van der Waals surface area contributed by atoms with Gasteiger partial charge < -0.3 is 0 Å². The fourth-order valence-corrected chi connectivity index (χ4v) is 2.45. The monoisotopic (exact) mass is 228 g/mol. The van der Waals surface area contributed by atoms with Gasteiger partial charge in [-0.15, -0.1) is 11.8 Å². The van der Waals surface area contributed by atoms with Crippen LogP contribution >= 0.6 is 11.8 Å². The molecule has 0 aromatic heterocycles. The fourth-order valence-electron chi connectivity index (χ4n) is 1.88. The van der Waals surface area contributed by atoms with E-state index in [4.69, 9.17) is 0 Å². The molecule has 2 rings (SSSR count). The molecule has 0 saturated carbocycles. The van der Waals surface area contributed by atoms with Gasteiger partial charge in [0, 0.05) is 4.90 Å². The SMILES string of the molecule is CSc1cc(C)cc(Cc2ccccc2)c1. The van der Waals surface area contributed by atoms with Crippen LogP contribution in [-0.2, 0) is 6.42 Å². The minimum Gasteiger partial charge on any atom is -0.130 e. The molecular formula is C15H16S. The van der Waals surface area contributed by atoms with Crippen LogP contribution in [0.1, 0.15) is 16.7 Å². The summed E-state index contributed by atoms with van der Waals surface area (Å²) in [6, 6.07) is 17.4. The smallest absolute Gasteiger partial charge is 0.00746 e. The van der Waals surface area contributed by atoms with Crippen LogP contribution in [0.4, 0.5) is 0 Å². The molecule has 82 valence electrons. The van der Waals surface area contributed by atoms with Gasteiger partial charge in [0.2, 0.25) is 0 Å². The average molecular weight is 228 g/mol. The number of thioether (sulfide) groups is 1. The number of benzene rings is 2. The Morgan fingerprint density at radius 2 is 1.69 bits per heavy atom. The molecule has 0 unspecified atom stereocenters. The summed E-state index contributed by atoms with van der Waals surface area (Å²) in [4.78, 5) is 1.35. The van der Waals surface area contributed by atoms with Gasteiger partial charge in [0.1, 0.15) is 0 Å². The standard InChI is InChI=1S/C15H16S/c1-12-8-14(11-15(9-12)16-2)10-13-6-4-3-5-7-13/h3-9,11H,10H2,1-2H3. The molecule has 2 aromatic rings. The summed E-state index contributed by atoms with van der Waals surface area (Å²) in [5.41, 5.74) is 4.12. The summed E-state index contributed by atoms with van der Waals surface area (Å²) >= 11 is 1.81. The van der Waals surface area contributed by atoms with Crippen molar-refractivity contribution in [2.75, 3.05) is 6.26 Å². The van der Waals surface area contributed by atoms with E-state index in [0.29, 0.717) is 0 Å². The van der Waals surface area contributed by atoms with Gasteiger partial charge in [0.05, 0.1) is 0 Å². The lowest BCUT2D eigenvalue weighted by Gasteiger charge is -2.06. The summed E-state index contributed by atoms with van der Waals surface area (Å²) in [6.45, 7) is 2.16. The summed E-state index contributed by atoms with van der Waals surface area (Å²) in [7, 11) is 0. The van der Waals surface area contributed by atoms with E-state index in [1.165, 1.54) is 21.6 Å². The van der Waals surface area contributed by atoms with Crippen LogP contribution in [0.3, 0.4) is 0 Å². The molecule has 0 nitrogen and oxygen atoms in total. The quantitative estimate of drug-likeness (QED) is 0.705. The van der Waals surface area contributed by atoms with Crippen LogP contribution in [0.2, 0.25) is 0 Å². The van der Waals surface area contributed by atoms with Crippen LogP contribution < -0.4 is 0 Å². The van der Waals surface area contributed by atoms with Crippen molar-refractivity contribution in [3.63, 3.8) is 0 Å². The highest BCUT2D eigenvalue weighted by atomic mass is 32.2. The third-order valence-electron chi connectivity index (χ3n) is 2.60. The zero-order chi connectivity index (χ0) is 11.4. The Balaban J connectivity index is 2.24. The van der Waals surface area contributed by atoms with Gasteiger partial charge in [-0.05, 0) is 48.4 Å². The topological polar surface area (TPSA) is 0 Å². The van der Waals surface area contributed by atoms with E-state index in [2.05, 4.69) is 61.7 Å². The van der Waals surface area contributed by atoms with Gasteiger partial charge in [-0.25, -0.2) is 0 Å². The second kappa shape index (κ2) is 5.22. The van der Waals surface area contributed by atoms with Crippen molar-refractivity contribution in [1.29, 1.82) is 0 Å². The normalized spacial score (nSPS) is 10.4. The molecule has 0 bridgehead atoms. The highest BCUT2D eigenvalue weighted by Gasteiger charge is 1.99. The Kier molecular flexibility index (Phi) is 3.68. The summed E-state index contributed by atoms with van der Waals surface area (Å²) < 4.78 is 0. The van der Waals surface area contributed by atoms with Crippen molar-refractivity contribution in [3.8, 4) is 0 Å². The molecule has 16 heavy (non-hydrogen) atoms. The Morgan fingerprint density at radius 1 is 0.938 bits per heavy atom. The van der Waals surface area contributed by atoms with Gasteiger partial charge in [0.15, 0.2) is 0 Å². The fraction of sp³-hybridized carbons (Fsp3) is 0.200. The number of rotatable bonds is 3. The summed E-state index contributed by atoms with van der Waals surface area (Å²) in [6.07, 6.45) is 3.15. The maximum Gasteiger partial charge on any atom is 0.00746 e. The van der Waals surface area contributed by atoms with E-state index in [9.17, 15) is 0 Å². The third kappa shape index (κ3) is 2.89. The first-order chi connectivity index (χ1) is 7.78. The van der Waals surface area contributed by atoms with Crippen LogP contribution in [0.5, 0.6) is 0 Å². The molecule has 0 aliphatic heterocycles. The maximum absolute atomic E-state index is 2.28. The zero-order valence-electron chi connectivity index (χ0n) is 9.73.